The molecule has 7 rings (SSSR count). The second-order valence-corrected chi connectivity index (χ2v) is 11.1. The Morgan fingerprint density at radius 3 is 2.11 bits per heavy atom. The fourth-order valence-corrected chi connectivity index (χ4v) is 7.60. The molecule has 0 spiro atoms. The molecule has 1 saturated heterocycles. The molecule has 35 heavy (non-hydrogen) atoms. The number of amides is 3. The minimum absolute atomic E-state index is 0.0101. The molecular weight excluding hydrogens is 438 g/mol. The van der Waals surface area contributed by atoms with Crippen LogP contribution in [0.5, 0.6) is 0 Å². The molecule has 178 valence electrons. The average Bonchev–Trinajstić information content (AvgIpc) is 3.15. The van der Waals surface area contributed by atoms with Crippen molar-refractivity contribution < 1.29 is 14.4 Å². The fraction of sp³-hybridized carbons (Fsp3) is 0.448. The molecule has 1 unspecified atom stereocenters. The summed E-state index contributed by atoms with van der Waals surface area (Å²) < 4.78 is 0. The van der Waals surface area contributed by atoms with Crippen molar-refractivity contribution in [3.8, 4) is 6.07 Å². The summed E-state index contributed by atoms with van der Waals surface area (Å²) in [5, 5.41) is 9.09. The van der Waals surface area contributed by atoms with Crippen LogP contribution in [0.3, 0.4) is 0 Å². The first-order chi connectivity index (χ1) is 17.0. The normalized spacial score (nSPS) is 31.0. The molecule has 4 saturated carbocycles. The van der Waals surface area contributed by atoms with Crippen LogP contribution < -0.4 is 4.90 Å². The highest BCUT2D eigenvalue weighted by atomic mass is 16.2. The lowest BCUT2D eigenvalue weighted by Crippen LogP contribution is -2.57. The Labute approximate surface area is 205 Å². The highest BCUT2D eigenvalue weighted by Crippen LogP contribution is 2.60. The molecule has 1 atom stereocenters. The van der Waals surface area contributed by atoms with Crippen molar-refractivity contribution in [2.75, 3.05) is 4.90 Å². The number of rotatable bonds is 5. The number of nitriles is 1. The Morgan fingerprint density at radius 1 is 0.943 bits per heavy atom. The van der Waals surface area contributed by atoms with Gasteiger partial charge < -0.3 is 4.90 Å². The van der Waals surface area contributed by atoms with Crippen LogP contribution in [0.25, 0.3) is 0 Å². The van der Waals surface area contributed by atoms with E-state index in [9.17, 15) is 14.4 Å². The first-order valence-corrected chi connectivity index (χ1v) is 12.7. The maximum atomic E-state index is 14.4. The number of nitrogens with zero attached hydrogens (tertiary/aromatic N) is 3. The van der Waals surface area contributed by atoms with Crippen molar-refractivity contribution in [3.05, 3.63) is 65.7 Å². The Hall–Kier alpha value is -3.46. The van der Waals surface area contributed by atoms with Crippen molar-refractivity contribution >= 4 is 23.4 Å². The molecule has 0 aromatic heterocycles. The van der Waals surface area contributed by atoms with Crippen molar-refractivity contribution in [2.24, 2.45) is 23.2 Å². The van der Waals surface area contributed by atoms with E-state index in [1.807, 2.05) is 30.3 Å². The van der Waals surface area contributed by atoms with Crippen LogP contribution in [0.4, 0.5) is 5.69 Å². The quantitative estimate of drug-likeness (QED) is 0.609. The molecule has 5 fully saturated rings. The third kappa shape index (κ3) is 3.74. The van der Waals surface area contributed by atoms with Crippen molar-refractivity contribution in [1.82, 2.24) is 4.90 Å². The Kier molecular flexibility index (Phi) is 5.25. The maximum absolute atomic E-state index is 14.4. The summed E-state index contributed by atoms with van der Waals surface area (Å²) in [7, 11) is 0. The van der Waals surface area contributed by atoms with Gasteiger partial charge in [-0.3, -0.25) is 14.4 Å². The summed E-state index contributed by atoms with van der Waals surface area (Å²) in [6.07, 6.45) is 6.44. The number of hydrogen-bond acceptors (Lipinski definition) is 4. The number of hydrogen-bond donors (Lipinski definition) is 0. The van der Waals surface area contributed by atoms with E-state index < -0.39 is 11.5 Å². The number of imide groups is 1. The molecule has 5 aliphatic rings. The summed E-state index contributed by atoms with van der Waals surface area (Å²) in [6.45, 7) is 0.326. The predicted octanol–water partition coefficient (Wildman–Crippen LogP) is 4.44. The van der Waals surface area contributed by atoms with Crippen LogP contribution >= 0.6 is 0 Å². The van der Waals surface area contributed by atoms with Gasteiger partial charge in [0.25, 0.3) is 5.91 Å². The molecule has 1 aliphatic heterocycles. The standard InChI is InChI=1S/C29H29N3O3/c30-17-19-6-8-24(9-7-19)32-26(33)13-25(27(32)34)31(18-20-4-2-1-3-5-20)28(35)29-14-21-10-22(15-29)12-23(11-21)16-29/h1-9,21-23,25H,10-16,18H2. The highest BCUT2D eigenvalue weighted by Gasteiger charge is 2.57. The number of carbonyl (C=O) groups excluding carboxylic acids is 3. The van der Waals surface area contributed by atoms with E-state index in [1.165, 1.54) is 24.2 Å². The SMILES string of the molecule is N#Cc1ccc(N2C(=O)CC(N(Cc3ccccc3)C(=O)C34CC5CC(CC(C5)C3)C4)C2=O)cc1. The second kappa shape index (κ2) is 8.34. The summed E-state index contributed by atoms with van der Waals surface area (Å²) in [4.78, 5) is 44.1. The van der Waals surface area contributed by atoms with Gasteiger partial charge in [0.2, 0.25) is 11.8 Å². The summed E-state index contributed by atoms with van der Waals surface area (Å²) in [6, 6.07) is 17.5. The van der Waals surface area contributed by atoms with Crippen LogP contribution in [0, 0.1) is 34.5 Å². The van der Waals surface area contributed by atoms with Gasteiger partial charge in [-0.25, -0.2) is 4.90 Å². The van der Waals surface area contributed by atoms with Crippen LogP contribution in [0.1, 0.15) is 56.1 Å². The third-order valence-electron chi connectivity index (χ3n) is 8.70. The van der Waals surface area contributed by atoms with Crippen LogP contribution in [-0.4, -0.2) is 28.7 Å². The molecule has 4 aliphatic carbocycles. The topological polar surface area (TPSA) is 81.5 Å². The number of anilines is 1. The van der Waals surface area contributed by atoms with E-state index in [-0.39, 0.29) is 24.1 Å². The molecular formula is C29H29N3O3. The smallest absolute Gasteiger partial charge is 0.257 e. The molecule has 6 heteroatoms. The van der Waals surface area contributed by atoms with Crippen LogP contribution in [0.2, 0.25) is 0 Å². The van der Waals surface area contributed by atoms with Gasteiger partial charge in [0.05, 0.1) is 29.2 Å². The predicted molar refractivity (Wildman–Crippen MR) is 130 cm³/mol. The van der Waals surface area contributed by atoms with E-state index in [0.717, 1.165) is 24.8 Å². The molecule has 6 nitrogen and oxygen atoms in total. The first-order valence-electron chi connectivity index (χ1n) is 12.7. The van der Waals surface area contributed by atoms with Crippen molar-refractivity contribution in [1.29, 1.82) is 5.26 Å². The summed E-state index contributed by atoms with van der Waals surface area (Å²) in [5.41, 5.74) is 1.48. The molecule has 0 N–H and O–H groups in total. The number of benzene rings is 2. The van der Waals surface area contributed by atoms with Crippen molar-refractivity contribution in [3.63, 3.8) is 0 Å². The Balaban J connectivity index is 1.33. The van der Waals surface area contributed by atoms with E-state index in [2.05, 4.69) is 6.07 Å². The van der Waals surface area contributed by atoms with Crippen LogP contribution in [-0.2, 0) is 20.9 Å². The van der Waals surface area contributed by atoms with E-state index in [1.54, 1.807) is 29.2 Å². The van der Waals surface area contributed by atoms with Gasteiger partial charge in [-0.15, -0.1) is 0 Å². The minimum atomic E-state index is -0.807. The molecule has 4 bridgehead atoms. The monoisotopic (exact) mass is 467 g/mol. The van der Waals surface area contributed by atoms with Gasteiger partial charge in [-0.05, 0) is 86.1 Å². The summed E-state index contributed by atoms with van der Waals surface area (Å²) in [5.74, 6) is 1.24. The molecule has 3 amide bonds. The molecule has 1 heterocycles. The van der Waals surface area contributed by atoms with Crippen LogP contribution in [0.15, 0.2) is 54.6 Å². The number of carbonyl (C=O) groups is 3. The Bertz CT molecular complexity index is 1180. The molecule has 0 radical (unpaired) electrons. The van der Waals surface area contributed by atoms with E-state index in [0.29, 0.717) is 35.5 Å². The lowest BCUT2D eigenvalue weighted by Gasteiger charge is -2.57. The molecule has 2 aromatic rings. The maximum Gasteiger partial charge on any atom is 0.257 e. The van der Waals surface area contributed by atoms with Crippen molar-refractivity contribution in [2.45, 2.75) is 57.5 Å². The minimum Gasteiger partial charge on any atom is -0.325 e. The fourth-order valence-electron chi connectivity index (χ4n) is 7.60. The van der Waals surface area contributed by atoms with E-state index in [4.69, 9.17) is 5.26 Å². The van der Waals surface area contributed by atoms with Gasteiger partial charge in [-0.2, -0.15) is 5.26 Å². The van der Waals surface area contributed by atoms with Gasteiger partial charge in [-0.1, -0.05) is 30.3 Å². The summed E-state index contributed by atoms with van der Waals surface area (Å²) >= 11 is 0. The first kappa shape index (κ1) is 22.0. The zero-order valence-corrected chi connectivity index (χ0v) is 19.7. The van der Waals surface area contributed by atoms with E-state index >= 15 is 0 Å². The Morgan fingerprint density at radius 2 is 1.54 bits per heavy atom. The molecule has 2 aromatic carbocycles. The van der Waals surface area contributed by atoms with Gasteiger partial charge in [0.1, 0.15) is 6.04 Å². The zero-order chi connectivity index (χ0) is 24.2. The second-order valence-electron chi connectivity index (χ2n) is 11.1. The lowest BCUT2D eigenvalue weighted by molar-refractivity contribution is -0.162. The third-order valence-corrected chi connectivity index (χ3v) is 8.70. The van der Waals surface area contributed by atoms with Gasteiger partial charge in [0.15, 0.2) is 0 Å². The highest BCUT2D eigenvalue weighted by molar-refractivity contribution is 6.23. The lowest BCUT2D eigenvalue weighted by atomic mass is 9.49. The largest absolute Gasteiger partial charge is 0.325 e. The van der Waals surface area contributed by atoms with Gasteiger partial charge >= 0.3 is 0 Å². The van der Waals surface area contributed by atoms with Gasteiger partial charge in [0, 0.05) is 6.54 Å². The average molecular weight is 468 g/mol. The zero-order valence-electron chi connectivity index (χ0n) is 19.7.